The molecule has 0 N–H and O–H groups in total. The third kappa shape index (κ3) is 2.07. The first-order valence-electron chi connectivity index (χ1n) is 4.05. The van der Waals surface area contributed by atoms with Crippen molar-refractivity contribution in [1.29, 1.82) is 0 Å². The summed E-state index contributed by atoms with van der Waals surface area (Å²) >= 11 is 3.50. The van der Waals surface area contributed by atoms with Crippen LogP contribution in [-0.2, 0) is 5.41 Å². The molecule has 1 rings (SSSR count). The number of hydrogen-bond donors (Lipinski definition) is 0. The van der Waals surface area contributed by atoms with E-state index in [-0.39, 0.29) is 5.41 Å². The van der Waals surface area contributed by atoms with Crippen LogP contribution < -0.4 is 0 Å². The zero-order valence-electron chi connectivity index (χ0n) is 7.76. The molecule has 0 amide bonds. The topological polar surface area (TPSA) is 12.9 Å². The highest BCUT2D eigenvalue weighted by molar-refractivity contribution is 9.09. The summed E-state index contributed by atoms with van der Waals surface area (Å²) in [6.07, 6.45) is 1.95. The van der Waals surface area contributed by atoms with Crippen molar-refractivity contribution < 1.29 is 0 Å². The second-order valence-corrected chi connectivity index (χ2v) is 4.27. The van der Waals surface area contributed by atoms with Crippen LogP contribution in [-0.4, -0.2) is 10.3 Å². The Morgan fingerprint density at radius 1 is 1.42 bits per heavy atom. The molecule has 1 aromatic rings. The van der Waals surface area contributed by atoms with Crippen molar-refractivity contribution in [2.45, 2.75) is 26.2 Å². The van der Waals surface area contributed by atoms with Crippen molar-refractivity contribution >= 4 is 15.9 Å². The SMILES string of the molecule is Cc1ccc(C(C)(C)CBr)cn1. The van der Waals surface area contributed by atoms with E-state index in [1.54, 1.807) is 0 Å². The molecule has 1 heterocycles. The molecule has 1 aromatic heterocycles. The number of nitrogens with zero attached hydrogens (tertiary/aromatic N) is 1. The quantitative estimate of drug-likeness (QED) is 0.709. The third-order valence-electron chi connectivity index (χ3n) is 2.03. The maximum Gasteiger partial charge on any atom is 0.0372 e. The lowest BCUT2D eigenvalue weighted by atomic mass is 9.88. The minimum absolute atomic E-state index is 0.181. The standard InChI is InChI=1S/C10H14BrN/c1-8-4-5-9(6-12-8)10(2,3)7-11/h4-6H,7H2,1-3H3. The van der Waals surface area contributed by atoms with Gasteiger partial charge in [-0.05, 0) is 18.6 Å². The molecule has 0 aromatic carbocycles. The average molecular weight is 228 g/mol. The Bertz CT molecular complexity index is 251. The molecule has 0 unspecified atom stereocenters. The monoisotopic (exact) mass is 227 g/mol. The summed E-state index contributed by atoms with van der Waals surface area (Å²) in [5, 5.41) is 0.963. The molecule has 0 aliphatic carbocycles. The van der Waals surface area contributed by atoms with Crippen LogP contribution in [0.4, 0.5) is 0 Å². The Hall–Kier alpha value is -0.370. The largest absolute Gasteiger partial charge is 0.261 e. The van der Waals surface area contributed by atoms with Gasteiger partial charge in [0.05, 0.1) is 0 Å². The summed E-state index contributed by atoms with van der Waals surface area (Å²) < 4.78 is 0. The van der Waals surface area contributed by atoms with Crippen LogP contribution in [0.25, 0.3) is 0 Å². The van der Waals surface area contributed by atoms with Gasteiger partial charge in [-0.15, -0.1) is 0 Å². The Balaban J connectivity index is 2.96. The van der Waals surface area contributed by atoms with Crippen molar-refractivity contribution in [2.75, 3.05) is 5.33 Å². The van der Waals surface area contributed by atoms with Gasteiger partial charge in [0, 0.05) is 22.6 Å². The van der Waals surface area contributed by atoms with Gasteiger partial charge in [-0.3, -0.25) is 4.98 Å². The van der Waals surface area contributed by atoms with E-state index in [1.165, 1.54) is 5.56 Å². The van der Waals surface area contributed by atoms with Gasteiger partial charge in [0.15, 0.2) is 0 Å². The van der Waals surface area contributed by atoms with Crippen LogP contribution in [0.1, 0.15) is 25.1 Å². The molecular weight excluding hydrogens is 214 g/mol. The van der Waals surface area contributed by atoms with Crippen LogP contribution >= 0.6 is 15.9 Å². The molecule has 2 heteroatoms. The molecule has 0 bridgehead atoms. The van der Waals surface area contributed by atoms with Gasteiger partial charge >= 0.3 is 0 Å². The summed E-state index contributed by atoms with van der Waals surface area (Å²) in [6, 6.07) is 4.20. The smallest absolute Gasteiger partial charge is 0.0372 e. The van der Waals surface area contributed by atoms with Crippen LogP contribution in [0.5, 0.6) is 0 Å². The van der Waals surface area contributed by atoms with Crippen LogP contribution in [0, 0.1) is 6.92 Å². The summed E-state index contributed by atoms with van der Waals surface area (Å²) in [5.41, 5.74) is 2.54. The van der Waals surface area contributed by atoms with E-state index in [2.05, 4.69) is 46.9 Å². The number of aryl methyl sites for hydroxylation is 1. The summed E-state index contributed by atoms with van der Waals surface area (Å²) in [5.74, 6) is 0. The molecule has 0 saturated carbocycles. The van der Waals surface area contributed by atoms with E-state index in [4.69, 9.17) is 0 Å². The molecule has 0 saturated heterocycles. The van der Waals surface area contributed by atoms with E-state index in [1.807, 2.05) is 13.1 Å². The molecule has 0 fully saturated rings. The van der Waals surface area contributed by atoms with E-state index in [9.17, 15) is 0 Å². The van der Waals surface area contributed by atoms with Gasteiger partial charge in [0.1, 0.15) is 0 Å². The molecule has 66 valence electrons. The fraction of sp³-hybridized carbons (Fsp3) is 0.500. The number of hydrogen-bond acceptors (Lipinski definition) is 1. The zero-order valence-corrected chi connectivity index (χ0v) is 9.35. The van der Waals surface area contributed by atoms with Crippen LogP contribution in [0.3, 0.4) is 0 Å². The van der Waals surface area contributed by atoms with Crippen molar-refractivity contribution in [1.82, 2.24) is 4.98 Å². The molecular formula is C10H14BrN. The fourth-order valence-corrected chi connectivity index (χ4v) is 1.27. The molecule has 1 nitrogen and oxygen atoms in total. The predicted octanol–water partition coefficient (Wildman–Crippen LogP) is 3.06. The first kappa shape index (κ1) is 9.72. The number of pyridine rings is 1. The number of halogens is 1. The van der Waals surface area contributed by atoms with Crippen LogP contribution in [0.15, 0.2) is 18.3 Å². The van der Waals surface area contributed by atoms with Crippen molar-refractivity contribution in [3.63, 3.8) is 0 Å². The molecule has 0 radical (unpaired) electrons. The zero-order chi connectivity index (χ0) is 9.19. The van der Waals surface area contributed by atoms with E-state index < -0.39 is 0 Å². The van der Waals surface area contributed by atoms with Crippen LogP contribution in [0.2, 0.25) is 0 Å². The summed E-state index contributed by atoms with van der Waals surface area (Å²) in [7, 11) is 0. The second-order valence-electron chi connectivity index (χ2n) is 3.71. The molecule has 0 spiro atoms. The van der Waals surface area contributed by atoms with Gasteiger partial charge < -0.3 is 0 Å². The van der Waals surface area contributed by atoms with Gasteiger partial charge in [-0.2, -0.15) is 0 Å². The fourth-order valence-electron chi connectivity index (χ4n) is 0.945. The van der Waals surface area contributed by atoms with Gasteiger partial charge in [-0.25, -0.2) is 0 Å². The number of alkyl halides is 1. The lowest BCUT2D eigenvalue weighted by Crippen LogP contribution is -2.18. The Labute approximate surface area is 82.3 Å². The first-order valence-corrected chi connectivity index (χ1v) is 5.17. The third-order valence-corrected chi connectivity index (χ3v) is 3.43. The van der Waals surface area contributed by atoms with Crippen molar-refractivity contribution in [3.05, 3.63) is 29.6 Å². The molecule has 0 atom stereocenters. The highest BCUT2D eigenvalue weighted by Crippen LogP contribution is 2.24. The highest BCUT2D eigenvalue weighted by Gasteiger charge is 2.18. The summed E-state index contributed by atoms with van der Waals surface area (Å²) in [6.45, 7) is 6.41. The van der Waals surface area contributed by atoms with Gasteiger partial charge in [0.25, 0.3) is 0 Å². The van der Waals surface area contributed by atoms with Gasteiger partial charge in [0.2, 0.25) is 0 Å². The van der Waals surface area contributed by atoms with Crippen molar-refractivity contribution in [2.24, 2.45) is 0 Å². The number of aromatic nitrogens is 1. The Morgan fingerprint density at radius 2 is 2.08 bits per heavy atom. The maximum absolute atomic E-state index is 4.27. The second kappa shape index (κ2) is 3.56. The van der Waals surface area contributed by atoms with E-state index in [0.29, 0.717) is 0 Å². The Morgan fingerprint density at radius 3 is 2.50 bits per heavy atom. The first-order chi connectivity index (χ1) is 5.56. The lowest BCUT2D eigenvalue weighted by Gasteiger charge is -2.21. The van der Waals surface area contributed by atoms with Gasteiger partial charge in [-0.1, -0.05) is 35.8 Å². The highest BCUT2D eigenvalue weighted by atomic mass is 79.9. The summed E-state index contributed by atoms with van der Waals surface area (Å²) in [4.78, 5) is 4.27. The molecule has 0 aliphatic heterocycles. The maximum atomic E-state index is 4.27. The minimum atomic E-state index is 0.181. The minimum Gasteiger partial charge on any atom is -0.261 e. The molecule has 0 aliphatic rings. The molecule has 12 heavy (non-hydrogen) atoms. The average Bonchev–Trinajstić information content (AvgIpc) is 2.05. The normalized spacial score (nSPS) is 11.7. The number of rotatable bonds is 2. The van der Waals surface area contributed by atoms with Crippen molar-refractivity contribution in [3.8, 4) is 0 Å². The lowest BCUT2D eigenvalue weighted by molar-refractivity contribution is 0.603. The van der Waals surface area contributed by atoms with E-state index >= 15 is 0 Å². The predicted molar refractivity (Wildman–Crippen MR) is 55.8 cm³/mol. The Kier molecular flexibility index (Phi) is 2.89. The van der Waals surface area contributed by atoms with E-state index in [0.717, 1.165) is 11.0 Å².